The quantitative estimate of drug-likeness (QED) is 0.788. The zero-order valence-electron chi connectivity index (χ0n) is 14.0. The van der Waals surface area contributed by atoms with Crippen molar-refractivity contribution in [2.45, 2.75) is 32.7 Å². The lowest BCUT2D eigenvalue weighted by Gasteiger charge is -2.31. The number of nitrogens with zero attached hydrogens (tertiary/aromatic N) is 4. The van der Waals surface area contributed by atoms with Crippen LogP contribution in [-0.4, -0.2) is 43.9 Å². The second kappa shape index (κ2) is 5.78. The number of aryl methyl sites for hydroxylation is 2. The Kier molecular flexibility index (Phi) is 3.59. The Labute approximate surface area is 140 Å². The molecule has 1 fully saturated rings. The molecular formula is C18H21N5O. The van der Waals surface area contributed by atoms with Gasteiger partial charge in [0.1, 0.15) is 5.69 Å². The van der Waals surface area contributed by atoms with E-state index in [4.69, 9.17) is 0 Å². The maximum atomic E-state index is 12.8. The number of piperidine rings is 1. The summed E-state index contributed by atoms with van der Waals surface area (Å²) in [5.74, 6) is 0.0836. The van der Waals surface area contributed by atoms with Crippen molar-refractivity contribution in [3.8, 4) is 0 Å². The zero-order valence-corrected chi connectivity index (χ0v) is 14.0. The van der Waals surface area contributed by atoms with Gasteiger partial charge in [-0.2, -0.15) is 0 Å². The second-order valence-corrected chi connectivity index (χ2v) is 6.56. The lowest BCUT2D eigenvalue weighted by atomic mass is 10.0. The molecule has 0 atom stereocenters. The number of aromatic amines is 1. The Balaban J connectivity index is 1.51. The van der Waals surface area contributed by atoms with Crippen molar-refractivity contribution < 1.29 is 4.79 Å². The summed E-state index contributed by atoms with van der Waals surface area (Å²) in [6.45, 7) is 5.69. The van der Waals surface area contributed by atoms with Crippen LogP contribution < -0.4 is 0 Å². The van der Waals surface area contributed by atoms with Gasteiger partial charge in [0.15, 0.2) is 0 Å². The Hall–Kier alpha value is -2.63. The first-order chi connectivity index (χ1) is 11.6. The second-order valence-electron chi connectivity index (χ2n) is 6.56. The van der Waals surface area contributed by atoms with Gasteiger partial charge < -0.3 is 9.88 Å². The van der Waals surface area contributed by atoms with Crippen LogP contribution >= 0.6 is 0 Å². The molecule has 1 aliphatic rings. The number of likely N-dealkylation sites (tertiary alicyclic amines) is 1. The molecule has 1 N–H and O–H groups in total. The maximum absolute atomic E-state index is 12.8. The number of fused-ring (bicyclic) bond motifs is 1. The summed E-state index contributed by atoms with van der Waals surface area (Å²) in [4.78, 5) is 18.0. The molecule has 6 nitrogen and oxygen atoms in total. The van der Waals surface area contributed by atoms with Gasteiger partial charge in [-0.05, 0) is 49.9 Å². The molecule has 2 aromatic heterocycles. The minimum atomic E-state index is 0.0836. The van der Waals surface area contributed by atoms with Crippen LogP contribution in [0.4, 0.5) is 0 Å². The highest BCUT2D eigenvalue weighted by Crippen LogP contribution is 2.25. The number of H-pyrrole nitrogens is 1. The third-order valence-electron chi connectivity index (χ3n) is 5.14. The molecule has 24 heavy (non-hydrogen) atoms. The fourth-order valence-electron chi connectivity index (χ4n) is 3.49. The maximum Gasteiger partial charge on any atom is 0.270 e. The van der Waals surface area contributed by atoms with Crippen LogP contribution in [-0.2, 0) is 0 Å². The molecule has 6 heteroatoms. The van der Waals surface area contributed by atoms with Gasteiger partial charge in [0.05, 0.1) is 12.2 Å². The number of nitrogens with one attached hydrogen (secondary N) is 1. The van der Waals surface area contributed by atoms with Gasteiger partial charge in [-0.3, -0.25) is 4.79 Å². The first-order valence-electron chi connectivity index (χ1n) is 8.37. The van der Waals surface area contributed by atoms with Crippen LogP contribution in [0.1, 0.15) is 40.5 Å². The van der Waals surface area contributed by atoms with Crippen molar-refractivity contribution >= 4 is 16.8 Å². The van der Waals surface area contributed by atoms with Gasteiger partial charge in [0, 0.05) is 30.2 Å². The lowest BCUT2D eigenvalue weighted by Crippen LogP contribution is -2.39. The van der Waals surface area contributed by atoms with Crippen molar-refractivity contribution in [2.24, 2.45) is 0 Å². The van der Waals surface area contributed by atoms with Crippen LogP contribution in [0.2, 0.25) is 0 Å². The molecule has 1 amide bonds. The smallest absolute Gasteiger partial charge is 0.270 e. The summed E-state index contributed by atoms with van der Waals surface area (Å²) < 4.78 is 1.90. The van der Waals surface area contributed by atoms with E-state index in [9.17, 15) is 4.79 Å². The topological polar surface area (TPSA) is 66.8 Å². The third kappa shape index (κ3) is 2.48. The van der Waals surface area contributed by atoms with Crippen LogP contribution in [0.3, 0.4) is 0 Å². The average Bonchev–Trinajstić information content (AvgIpc) is 3.27. The van der Waals surface area contributed by atoms with Gasteiger partial charge in [0.25, 0.3) is 5.91 Å². The number of benzene rings is 1. The lowest BCUT2D eigenvalue weighted by molar-refractivity contribution is 0.0684. The molecule has 1 aliphatic heterocycles. The Morgan fingerprint density at radius 2 is 2.04 bits per heavy atom. The van der Waals surface area contributed by atoms with E-state index in [0.717, 1.165) is 36.8 Å². The van der Waals surface area contributed by atoms with Gasteiger partial charge in [0.2, 0.25) is 0 Å². The molecule has 3 aromatic rings. The van der Waals surface area contributed by atoms with Gasteiger partial charge in [-0.25, -0.2) is 4.68 Å². The van der Waals surface area contributed by atoms with Crippen molar-refractivity contribution in [1.29, 1.82) is 0 Å². The van der Waals surface area contributed by atoms with Gasteiger partial charge in [-0.15, -0.1) is 5.10 Å². The van der Waals surface area contributed by atoms with E-state index in [1.54, 1.807) is 6.20 Å². The molecule has 0 spiro atoms. The fraction of sp³-hybridized carbons (Fsp3) is 0.389. The normalized spacial score (nSPS) is 16.0. The van der Waals surface area contributed by atoms with E-state index >= 15 is 0 Å². The molecule has 4 rings (SSSR count). The van der Waals surface area contributed by atoms with E-state index < -0.39 is 0 Å². The molecule has 0 saturated carbocycles. The molecule has 3 heterocycles. The first-order valence-corrected chi connectivity index (χ1v) is 8.37. The fourth-order valence-corrected chi connectivity index (χ4v) is 3.49. The average molecular weight is 323 g/mol. The summed E-state index contributed by atoms with van der Waals surface area (Å²) in [6, 6.07) is 6.46. The first kappa shape index (κ1) is 14.9. The summed E-state index contributed by atoms with van der Waals surface area (Å²) in [5, 5.41) is 9.07. The SMILES string of the molecule is Cc1ccc2[nH]c(C(=O)N3CCC(n4ccnn4)CC3)cc2c1C. The molecule has 0 radical (unpaired) electrons. The molecule has 124 valence electrons. The number of carbonyl (C=O) groups excluding carboxylic acids is 1. The summed E-state index contributed by atoms with van der Waals surface area (Å²) in [7, 11) is 0. The number of hydrogen-bond donors (Lipinski definition) is 1. The number of hydrogen-bond acceptors (Lipinski definition) is 3. The third-order valence-corrected chi connectivity index (χ3v) is 5.14. The zero-order chi connectivity index (χ0) is 16.7. The van der Waals surface area contributed by atoms with Crippen LogP contribution in [0.15, 0.2) is 30.6 Å². The minimum Gasteiger partial charge on any atom is -0.351 e. The number of rotatable bonds is 2. The number of carbonyl (C=O) groups is 1. The summed E-state index contributed by atoms with van der Waals surface area (Å²) >= 11 is 0. The Morgan fingerprint density at radius 3 is 2.75 bits per heavy atom. The number of amides is 1. The standard InChI is InChI=1S/C18H21N5O/c1-12-3-4-16-15(13(12)2)11-17(20-16)18(24)22-8-5-14(6-9-22)23-10-7-19-21-23/h3-4,7,10-11,14,20H,5-6,8-9H2,1-2H3. The highest BCUT2D eigenvalue weighted by Gasteiger charge is 2.26. The van der Waals surface area contributed by atoms with E-state index in [1.807, 2.05) is 27.9 Å². The molecule has 0 unspecified atom stereocenters. The van der Waals surface area contributed by atoms with Gasteiger partial charge in [-0.1, -0.05) is 11.3 Å². The molecule has 0 bridgehead atoms. The molecular weight excluding hydrogens is 302 g/mol. The Bertz CT molecular complexity index is 872. The predicted molar refractivity (Wildman–Crippen MR) is 92.0 cm³/mol. The minimum absolute atomic E-state index is 0.0836. The highest BCUT2D eigenvalue weighted by atomic mass is 16.2. The largest absolute Gasteiger partial charge is 0.351 e. The van der Waals surface area contributed by atoms with E-state index in [1.165, 1.54) is 11.1 Å². The molecule has 1 saturated heterocycles. The summed E-state index contributed by atoms with van der Waals surface area (Å²) in [6.07, 6.45) is 5.41. The predicted octanol–water partition coefficient (Wildman–Crippen LogP) is 2.85. The van der Waals surface area contributed by atoms with Crippen molar-refractivity contribution in [3.05, 3.63) is 47.4 Å². The Morgan fingerprint density at radius 1 is 1.25 bits per heavy atom. The van der Waals surface area contributed by atoms with E-state index in [-0.39, 0.29) is 5.91 Å². The van der Waals surface area contributed by atoms with Crippen LogP contribution in [0.5, 0.6) is 0 Å². The van der Waals surface area contributed by atoms with E-state index in [0.29, 0.717) is 11.7 Å². The monoisotopic (exact) mass is 323 g/mol. The van der Waals surface area contributed by atoms with Crippen molar-refractivity contribution in [2.75, 3.05) is 13.1 Å². The van der Waals surface area contributed by atoms with Crippen LogP contribution in [0.25, 0.3) is 10.9 Å². The van der Waals surface area contributed by atoms with Crippen LogP contribution in [0, 0.1) is 13.8 Å². The highest BCUT2D eigenvalue weighted by molar-refractivity contribution is 5.99. The van der Waals surface area contributed by atoms with Crippen molar-refractivity contribution in [3.63, 3.8) is 0 Å². The van der Waals surface area contributed by atoms with Crippen molar-refractivity contribution in [1.82, 2.24) is 24.9 Å². The van der Waals surface area contributed by atoms with Gasteiger partial charge >= 0.3 is 0 Å². The van der Waals surface area contributed by atoms with E-state index in [2.05, 4.69) is 35.2 Å². The summed E-state index contributed by atoms with van der Waals surface area (Å²) in [5.41, 5.74) is 4.18. The number of aromatic nitrogens is 4. The molecule has 1 aromatic carbocycles. The molecule has 0 aliphatic carbocycles.